The van der Waals surface area contributed by atoms with Gasteiger partial charge < -0.3 is 33.8 Å². The zero-order valence-corrected chi connectivity index (χ0v) is 64.1. The Kier molecular flexibility index (Phi) is 64.0. The van der Waals surface area contributed by atoms with Gasteiger partial charge in [-0.3, -0.25) is 37.3 Å². The molecular weight excluding hydrogens is 1250 g/mol. The van der Waals surface area contributed by atoms with E-state index in [4.69, 9.17) is 37.0 Å². The number of phosphoric acid groups is 2. The molecule has 0 amide bonds. The molecule has 0 aromatic rings. The van der Waals surface area contributed by atoms with Crippen LogP contribution in [-0.4, -0.2) is 96.7 Å². The van der Waals surface area contributed by atoms with Crippen LogP contribution in [0.5, 0.6) is 0 Å². The molecule has 0 heterocycles. The number of rotatable bonds is 73. The zero-order chi connectivity index (χ0) is 70.3. The van der Waals surface area contributed by atoms with Crippen molar-refractivity contribution in [3.8, 4) is 0 Å². The molecule has 0 spiro atoms. The first-order chi connectivity index (χ1) is 45.6. The minimum Gasteiger partial charge on any atom is -0.462 e. The predicted molar refractivity (Wildman–Crippen MR) is 386 cm³/mol. The summed E-state index contributed by atoms with van der Waals surface area (Å²) < 4.78 is 68.5. The molecule has 95 heavy (non-hydrogen) atoms. The van der Waals surface area contributed by atoms with Crippen LogP contribution in [-0.2, 0) is 65.4 Å². The number of hydrogen-bond donors (Lipinski definition) is 3. The maximum Gasteiger partial charge on any atom is 0.472 e. The van der Waals surface area contributed by atoms with E-state index >= 15 is 0 Å². The first-order valence-corrected chi connectivity index (χ1v) is 42.2. The van der Waals surface area contributed by atoms with E-state index in [2.05, 4.69) is 55.4 Å². The molecule has 3 N–H and O–H groups in total. The number of ether oxygens (including phenoxy) is 4. The van der Waals surface area contributed by atoms with Gasteiger partial charge in [0.15, 0.2) is 12.2 Å². The second-order valence-corrected chi connectivity index (χ2v) is 32.0. The van der Waals surface area contributed by atoms with Gasteiger partial charge in [0.2, 0.25) is 0 Å². The van der Waals surface area contributed by atoms with Gasteiger partial charge in [0, 0.05) is 25.7 Å². The van der Waals surface area contributed by atoms with Gasteiger partial charge in [-0.15, -0.1) is 0 Å². The van der Waals surface area contributed by atoms with Crippen molar-refractivity contribution < 1.29 is 80.2 Å². The van der Waals surface area contributed by atoms with Crippen LogP contribution in [0, 0.1) is 23.7 Å². The second-order valence-electron chi connectivity index (χ2n) is 29.1. The maximum absolute atomic E-state index is 13.1. The number of carbonyl (C=O) groups excluding carboxylic acids is 4. The molecule has 0 aliphatic heterocycles. The van der Waals surface area contributed by atoms with Crippen LogP contribution >= 0.6 is 15.6 Å². The van der Waals surface area contributed by atoms with Gasteiger partial charge in [-0.2, -0.15) is 0 Å². The number of hydrogen-bond acceptors (Lipinski definition) is 15. The molecule has 0 aromatic carbocycles. The van der Waals surface area contributed by atoms with E-state index in [1.165, 1.54) is 180 Å². The topological polar surface area (TPSA) is 237 Å². The van der Waals surface area contributed by atoms with Crippen LogP contribution in [0.3, 0.4) is 0 Å². The largest absolute Gasteiger partial charge is 0.472 e. The third-order valence-electron chi connectivity index (χ3n) is 17.9. The van der Waals surface area contributed by atoms with Crippen molar-refractivity contribution in [2.24, 2.45) is 23.7 Å². The van der Waals surface area contributed by atoms with Crippen LogP contribution in [0.1, 0.15) is 383 Å². The van der Waals surface area contributed by atoms with Gasteiger partial charge in [0.25, 0.3) is 0 Å². The van der Waals surface area contributed by atoms with Crippen LogP contribution < -0.4 is 0 Å². The number of phosphoric ester groups is 2. The summed E-state index contributed by atoms with van der Waals surface area (Å²) in [6, 6.07) is 0. The fourth-order valence-corrected chi connectivity index (χ4v) is 13.1. The minimum absolute atomic E-state index is 0.106. The number of unbranched alkanes of at least 4 members (excludes halogenated alkanes) is 38. The van der Waals surface area contributed by atoms with E-state index in [1.54, 1.807) is 0 Å². The molecule has 0 radical (unpaired) electrons. The van der Waals surface area contributed by atoms with Gasteiger partial charge in [0.1, 0.15) is 19.3 Å². The van der Waals surface area contributed by atoms with Gasteiger partial charge >= 0.3 is 39.5 Å². The molecule has 0 aliphatic rings. The van der Waals surface area contributed by atoms with E-state index in [9.17, 15) is 43.2 Å². The van der Waals surface area contributed by atoms with Gasteiger partial charge in [-0.1, -0.05) is 331 Å². The molecule has 0 aromatic heterocycles. The van der Waals surface area contributed by atoms with E-state index in [0.717, 1.165) is 114 Å². The highest BCUT2D eigenvalue weighted by molar-refractivity contribution is 7.47. The van der Waals surface area contributed by atoms with Crippen molar-refractivity contribution in [2.45, 2.75) is 401 Å². The molecule has 0 rings (SSSR count). The van der Waals surface area contributed by atoms with Crippen molar-refractivity contribution in [2.75, 3.05) is 39.6 Å². The van der Waals surface area contributed by atoms with Crippen LogP contribution in [0.15, 0.2) is 0 Å². The molecule has 0 aliphatic carbocycles. The average Bonchev–Trinajstić information content (AvgIpc) is 1.28. The number of aliphatic hydroxyl groups excluding tert-OH is 1. The third-order valence-corrected chi connectivity index (χ3v) is 19.8. The number of esters is 4. The lowest BCUT2D eigenvalue weighted by molar-refractivity contribution is -0.161. The van der Waals surface area contributed by atoms with Crippen LogP contribution in [0.2, 0.25) is 0 Å². The van der Waals surface area contributed by atoms with Crippen molar-refractivity contribution in [1.82, 2.24) is 0 Å². The normalized spacial score (nSPS) is 14.4. The first kappa shape index (κ1) is 93.1. The summed E-state index contributed by atoms with van der Waals surface area (Å²) in [5, 5.41) is 10.6. The highest BCUT2D eigenvalue weighted by Crippen LogP contribution is 2.45. The lowest BCUT2D eigenvalue weighted by Crippen LogP contribution is -2.30. The molecular formula is C76H148O17P2. The van der Waals surface area contributed by atoms with E-state index in [0.29, 0.717) is 31.6 Å². The summed E-state index contributed by atoms with van der Waals surface area (Å²) >= 11 is 0. The van der Waals surface area contributed by atoms with Crippen LogP contribution in [0.25, 0.3) is 0 Å². The SMILES string of the molecule is CCC(C)CCCCCCCCCCC(=O)OC[C@H](COP(=O)(O)OCC(O)COP(=O)(O)OC[C@@H](COC(=O)CCCCCCCCC(C)C)OC(=O)CCCCCCCCCCCCCCCCCC(C)C)OC(=O)CCCCCCCCCCCCCCCC(C)C. The molecule has 0 saturated heterocycles. The summed E-state index contributed by atoms with van der Waals surface area (Å²) in [5.74, 6) is 0.923. The highest BCUT2D eigenvalue weighted by Gasteiger charge is 2.30. The fourth-order valence-electron chi connectivity index (χ4n) is 11.5. The first-order valence-electron chi connectivity index (χ1n) is 39.2. The number of aliphatic hydroxyl groups is 1. The minimum atomic E-state index is -4.96. The molecule has 4 unspecified atom stereocenters. The Balaban J connectivity index is 5.22. The second kappa shape index (κ2) is 65.4. The smallest absolute Gasteiger partial charge is 0.462 e. The van der Waals surface area contributed by atoms with Gasteiger partial charge in [0.05, 0.1) is 26.4 Å². The molecule has 0 fully saturated rings. The average molecular weight is 1400 g/mol. The molecule has 19 heteroatoms. The standard InChI is InChI=1S/C76H148O17P2/c1-9-69(8)55-47-39-30-26-27-31-40-48-56-73(78)86-62-71(92-75(80)59-51-43-33-25-21-17-13-15-19-23-29-37-45-53-67(4)5)64-90-94(82,83)88-60-70(77)61-89-95(84,85)91-65-72(63-87-74(79)57-49-41-35-34-38-46-54-68(6)7)93-76(81)58-50-42-32-24-20-16-12-10-11-14-18-22-28-36-44-52-66(2)3/h66-72,77H,9-65H2,1-8H3,(H,82,83)(H,84,85)/t69?,70?,71-,72-/m1/s1. The summed E-state index contributed by atoms with van der Waals surface area (Å²) in [7, 11) is -9.91. The van der Waals surface area contributed by atoms with Gasteiger partial charge in [-0.25, -0.2) is 9.13 Å². The fraction of sp³-hybridized carbons (Fsp3) is 0.947. The van der Waals surface area contributed by atoms with Crippen molar-refractivity contribution in [3.05, 3.63) is 0 Å². The van der Waals surface area contributed by atoms with E-state index < -0.39 is 97.5 Å². The Morgan fingerprint density at radius 1 is 0.295 bits per heavy atom. The molecule has 0 saturated carbocycles. The monoisotopic (exact) mass is 1400 g/mol. The Labute approximate surface area is 581 Å². The quantitative estimate of drug-likeness (QED) is 0.0222. The Morgan fingerprint density at radius 2 is 0.505 bits per heavy atom. The Bertz CT molecular complexity index is 1870. The summed E-state index contributed by atoms with van der Waals surface area (Å²) in [6.45, 7) is 14.2. The molecule has 17 nitrogen and oxygen atoms in total. The Hall–Kier alpha value is -1.94. The molecule has 0 bridgehead atoms. The summed E-state index contributed by atoms with van der Waals surface area (Å²) in [4.78, 5) is 72.8. The van der Waals surface area contributed by atoms with E-state index in [1.807, 2.05) is 0 Å². The molecule has 564 valence electrons. The molecule has 6 atom stereocenters. The Morgan fingerprint density at radius 3 is 0.747 bits per heavy atom. The zero-order valence-electron chi connectivity index (χ0n) is 62.3. The summed E-state index contributed by atoms with van der Waals surface area (Å²) in [5.41, 5.74) is 0. The maximum atomic E-state index is 13.1. The summed E-state index contributed by atoms with van der Waals surface area (Å²) in [6.07, 6.45) is 50.0. The van der Waals surface area contributed by atoms with E-state index in [-0.39, 0.29) is 25.7 Å². The van der Waals surface area contributed by atoms with Crippen molar-refractivity contribution in [3.63, 3.8) is 0 Å². The highest BCUT2D eigenvalue weighted by atomic mass is 31.2. The van der Waals surface area contributed by atoms with Crippen molar-refractivity contribution in [1.29, 1.82) is 0 Å². The third kappa shape index (κ3) is 69.0. The van der Waals surface area contributed by atoms with Crippen LogP contribution in [0.4, 0.5) is 0 Å². The lowest BCUT2D eigenvalue weighted by atomic mass is 9.99. The lowest BCUT2D eigenvalue weighted by Gasteiger charge is -2.21. The van der Waals surface area contributed by atoms with Gasteiger partial charge in [-0.05, 0) is 49.4 Å². The predicted octanol–water partition coefficient (Wildman–Crippen LogP) is 22.0. The number of carbonyl (C=O) groups is 4. The van der Waals surface area contributed by atoms with Crippen molar-refractivity contribution >= 4 is 39.5 Å².